The van der Waals surface area contributed by atoms with E-state index in [0.29, 0.717) is 6.41 Å². The number of carbonyl (C=O) groups is 2. The van der Waals surface area contributed by atoms with Gasteiger partial charge in [0.25, 0.3) is 0 Å². The summed E-state index contributed by atoms with van der Waals surface area (Å²) >= 11 is 1.56. The highest BCUT2D eigenvalue weighted by atomic mass is 32.2. The largest absolute Gasteiger partial charge is 0.480 e. The average Bonchev–Trinajstić information content (AvgIpc) is 2.36. The Morgan fingerprint density at radius 3 is 2.40 bits per heavy atom. The van der Waals surface area contributed by atoms with Gasteiger partial charge in [0.2, 0.25) is 6.41 Å². The maximum Gasteiger partial charge on any atom is 0.327 e. The molecule has 0 aromatic carbocycles. The number of amides is 1. The number of thioether (sulfide) groups is 1. The number of aliphatic carboxylic acids is 1. The SMILES string of the molecule is CC(C)C1SC(C)(C)C(C(=O)O)N1C=O. The van der Waals surface area contributed by atoms with E-state index < -0.39 is 16.8 Å². The first-order valence-corrected chi connectivity index (χ1v) is 5.82. The van der Waals surface area contributed by atoms with E-state index in [9.17, 15) is 9.59 Å². The molecule has 15 heavy (non-hydrogen) atoms. The van der Waals surface area contributed by atoms with Gasteiger partial charge >= 0.3 is 5.97 Å². The van der Waals surface area contributed by atoms with Crippen LogP contribution in [0.15, 0.2) is 0 Å². The molecule has 0 spiro atoms. The summed E-state index contributed by atoms with van der Waals surface area (Å²) in [5.41, 5.74) is 0. The molecule has 0 bridgehead atoms. The van der Waals surface area contributed by atoms with Crippen LogP contribution < -0.4 is 0 Å². The van der Waals surface area contributed by atoms with Gasteiger partial charge in [-0.3, -0.25) is 4.79 Å². The van der Waals surface area contributed by atoms with E-state index in [4.69, 9.17) is 5.11 Å². The predicted molar refractivity (Wildman–Crippen MR) is 59.6 cm³/mol. The predicted octanol–water partition coefficient (Wildman–Crippen LogP) is 1.41. The molecule has 0 aliphatic carbocycles. The summed E-state index contributed by atoms with van der Waals surface area (Å²) in [4.78, 5) is 23.5. The molecular weight excluding hydrogens is 214 g/mol. The van der Waals surface area contributed by atoms with E-state index in [-0.39, 0.29) is 11.3 Å². The summed E-state index contributed by atoms with van der Waals surface area (Å²) in [6.45, 7) is 7.73. The van der Waals surface area contributed by atoms with Crippen LogP contribution in [0.1, 0.15) is 27.7 Å². The number of carboxylic acids is 1. The highest BCUT2D eigenvalue weighted by Crippen LogP contribution is 2.46. The maximum atomic E-state index is 11.1. The fourth-order valence-corrected chi connectivity index (χ4v) is 3.51. The summed E-state index contributed by atoms with van der Waals surface area (Å²) < 4.78 is -0.429. The van der Waals surface area contributed by atoms with Gasteiger partial charge in [-0.05, 0) is 19.8 Å². The molecule has 0 saturated carbocycles. The van der Waals surface area contributed by atoms with Crippen molar-refractivity contribution in [3.05, 3.63) is 0 Å². The molecule has 1 rings (SSSR count). The van der Waals surface area contributed by atoms with Gasteiger partial charge in [-0.1, -0.05) is 13.8 Å². The van der Waals surface area contributed by atoms with Crippen LogP contribution >= 0.6 is 11.8 Å². The monoisotopic (exact) mass is 231 g/mol. The van der Waals surface area contributed by atoms with Crippen molar-refractivity contribution in [1.29, 1.82) is 0 Å². The summed E-state index contributed by atoms with van der Waals surface area (Å²) in [6, 6.07) is -0.729. The topological polar surface area (TPSA) is 57.6 Å². The fourth-order valence-electron chi connectivity index (χ4n) is 1.97. The van der Waals surface area contributed by atoms with Gasteiger partial charge in [-0.15, -0.1) is 11.8 Å². The second-order valence-corrected chi connectivity index (χ2v) is 6.42. The molecule has 2 unspecified atom stereocenters. The molecule has 0 aromatic rings. The van der Waals surface area contributed by atoms with Gasteiger partial charge in [-0.2, -0.15) is 0 Å². The number of carboxylic acid groups (broad SMARTS) is 1. The number of rotatable bonds is 3. The minimum absolute atomic E-state index is 0.0430. The Kier molecular flexibility index (Phi) is 3.33. The van der Waals surface area contributed by atoms with Crippen molar-refractivity contribution in [1.82, 2.24) is 4.90 Å². The van der Waals surface area contributed by atoms with E-state index in [0.717, 1.165) is 0 Å². The van der Waals surface area contributed by atoms with Gasteiger partial charge in [0.1, 0.15) is 6.04 Å². The van der Waals surface area contributed by atoms with Gasteiger partial charge in [0, 0.05) is 4.75 Å². The maximum absolute atomic E-state index is 11.1. The minimum atomic E-state index is -0.928. The lowest BCUT2D eigenvalue weighted by Gasteiger charge is -2.27. The third-order valence-corrected chi connectivity index (χ3v) is 4.46. The first-order chi connectivity index (χ1) is 6.81. The first kappa shape index (κ1) is 12.4. The molecular formula is C10H17NO3S. The van der Waals surface area contributed by atoms with Crippen LogP contribution in [-0.4, -0.2) is 38.5 Å². The molecule has 5 heteroatoms. The zero-order valence-corrected chi connectivity index (χ0v) is 10.2. The summed E-state index contributed by atoms with van der Waals surface area (Å²) in [5, 5.41) is 9.09. The lowest BCUT2D eigenvalue weighted by atomic mass is 10.0. The van der Waals surface area contributed by atoms with Crippen molar-refractivity contribution in [2.45, 2.75) is 43.9 Å². The van der Waals surface area contributed by atoms with Crippen molar-refractivity contribution in [3.63, 3.8) is 0 Å². The second-order valence-electron chi connectivity index (χ2n) is 4.65. The first-order valence-electron chi connectivity index (χ1n) is 4.94. The van der Waals surface area contributed by atoms with Crippen molar-refractivity contribution in [3.8, 4) is 0 Å². The smallest absolute Gasteiger partial charge is 0.327 e. The fraction of sp³-hybridized carbons (Fsp3) is 0.800. The van der Waals surface area contributed by atoms with E-state index in [2.05, 4.69) is 0 Å². The lowest BCUT2D eigenvalue weighted by Crippen LogP contribution is -2.47. The Morgan fingerprint density at radius 1 is 1.53 bits per heavy atom. The molecule has 1 aliphatic heterocycles. The molecule has 0 radical (unpaired) electrons. The Balaban J connectivity index is 3.03. The van der Waals surface area contributed by atoms with E-state index in [1.54, 1.807) is 11.8 Å². The Hall–Kier alpha value is -0.710. The molecule has 1 fully saturated rings. The van der Waals surface area contributed by atoms with Crippen molar-refractivity contribution >= 4 is 24.1 Å². The van der Waals surface area contributed by atoms with Crippen molar-refractivity contribution < 1.29 is 14.7 Å². The standard InChI is InChI=1S/C10H17NO3S/c1-6(2)8-11(5-12)7(9(13)14)10(3,4)15-8/h5-8H,1-4H3,(H,13,14). The Bertz CT molecular complexity index is 278. The number of carbonyl (C=O) groups excluding carboxylic acids is 1. The van der Waals surface area contributed by atoms with Crippen LogP contribution in [0.2, 0.25) is 0 Å². The molecule has 0 aromatic heterocycles. The number of nitrogens with zero attached hydrogens (tertiary/aromatic N) is 1. The van der Waals surface area contributed by atoms with E-state index in [1.807, 2.05) is 27.7 Å². The van der Waals surface area contributed by atoms with Gasteiger partial charge in [-0.25, -0.2) is 4.79 Å². The van der Waals surface area contributed by atoms with Crippen molar-refractivity contribution in [2.24, 2.45) is 5.92 Å². The van der Waals surface area contributed by atoms with Crippen LogP contribution in [0.3, 0.4) is 0 Å². The van der Waals surface area contributed by atoms with Crippen LogP contribution in [0.5, 0.6) is 0 Å². The van der Waals surface area contributed by atoms with Crippen LogP contribution in [-0.2, 0) is 9.59 Å². The van der Waals surface area contributed by atoms with Gasteiger partial charge in [0.15, 0.2) is 0 Å². The Morgan fingerprint density at radius 2 is 2.07 bits per heavy atom. The molecule has 2 atom stereocenters. The third-order valence-electron chi connectivity index (χ3n) is 2.60. The number of hydrogen-bond acceptors (Lipinski definition) is 3. The van der Waals surface area contributed by atoms with Crippen LogP contribution in [0, 0.1) is 5.92 Å². The zero-order chi connectivity index (χ0) is 11.8. The summed E-state index contributed by atoms with van der Waals surface area (Å²) in [7, 11) is 0. The lowest BCUT2D eigenvalue weighted by molar-refractivity contribution is -0.147. The highest BCUT2D eigenvalue weighted by molar-refractivity contribution is 8.01. The second kappa shape index (κ2) is 4.04. The van der Waals surface area contributed by atoms with Gasteiger partial charge < -0.3 is 10.0 Å². The average molecular weight is 231 g/mol. The van der Waals surface area contributed by atoms with E-state index in [1.165, 1.54) is 4.90 Å². The summed E-state index contributed by atoms with van der Waals surface area (Å²) in [6.07, 6.45) is 0.658. The molecule has 1 heterocycles. The van der Waals surface area contributed by atoms with Crippen LogP contribution in [0.25, 0.3) is 0 Å². The Labute approximate surface area is 94.0 Å². The molecule has 1 aliphatic rings. The quantitative estimate of drug-likeness (QED) is 0.746. The molecule has 1 amide bonds. The summed E-state index contributed by atoms with van der Waals surface area (Å²) in [5.74, 6) is -0.674. The molecule has 1 saturated heterocycles. The zero-order valence-electron chi connectivity index (χ0n) is 9.43. The van der Waals surface area contributed by atoms with Crippen LogP contribution in [0.4, 0.5) is 0 Å². The minimum Gasteiger partial charge on any atom is -0.480 e. The molecule has 86 valence electrons. The van der Waals surface area contributed by atoms with E-state index >= 15 is 0 Å². The third kappa shape index (κ3) is 2.12. The molecule has 1 N–H and O–H groups in total. The normalized spacial score (nSPS) is 29.5. The van der Waals surface area contributed by atoms with Gasteiger partial charge in [0.05, 0.1) is 5.37 Å². The molecule has 4 nitrogen and oxygen atoms in total. The van der Waals surface area contributed by atoms with Crippen molar-refractivity contribution in [2.75, 3.05) is 0 Å². The highest BCUT2D eigenvalue weighted by Gasteiger charge is 2.51. The number of hydrogen-bond donors (Lipinski definition) is 1.